The van der Waals surface area contributed by atoms with E-state index < -0.39 is 20.4 Å². The van der Waals surface area contributed by atoms with Crippen molar-refractivity contribution in [3.63, 3.8) is 0 Å². The predicted octanol–water partition coefficient (Wildman–Crippen LogP) is 4.46. The smallest absolute Gasteiger partial charge is 0.351 e. The van der Waals surface area contributed by atoms with Gasteiger partial charge in [-0.15, -0.1) is 0 Å². The average Bonchev–Trinajstić information content (AvgIpc) is 3.54. The maximum absolute atomic E-state index is 12.7. The van der Waals surface area contributed by atoms with Crippen LogP contribution in [0, 0.1) is 5.92 Å². The molecule has 5 rings (SSSR count). The van der Waals surface area contributed by atoms with Crippen LogP contribution in [-0.2, 0) is 18.6 Å². The Labute approximate surface area is 215 Å². The molecule has 4 aliphatic rings. The van der Waals surface area contributed by atoms with Crippen molar-refractivity contribution in [1.82, 2.24) is 14.2 Å². The summed E-state index contributed by atoms with van der Waals surface area (Å²) in [6.45, 7) is 6.71. The molecule has 1 N–H and O–H groups in total. The molecule has 35 heavy (non-hydrogen) atoms. The van der Waals surface area contributed by atoms with Crippen molar-refractivity contribution in [3.05, 3.63) is 22.7 Å². The van der Waals surface area contributed by atoms with Gasteiger partial charge in [0.15, 0.2) is 0 Å². The van der Waals surface area contributed by atoms with Crippen LogP contribution < -0.4 is 11.0 Å². The fourth-order valence-electron chi connectivity index (χ4n) is 5.76. The molecule has 1 saturated carbocycles. The van der Waals surface area contributed by atoms with E-state index in [1.165, 1.54) is 30.3 Å². The number of carbonyl (C=O) groups excluding carboxylic acids is 1. The summed E-state index contributed by atoms with van der Waals surface area (Å²) in [6, 6.07) is 2.21. The zero-order chi connectivity index (χ0) is 23.9. The highest BCUT2D eigenvalue weighted by Gasteiger charge is 2.51. The number of anilines is 1. The SMILES string of the molecule is CCC1OC(n2ccc(NC(=O)C(C)C)nc2=O)CC1OP1OC2(CCCC2)C[C@@H]2CCCN21.S. The number of ether oxygens (including phenoxy) is 1. The van der Waals surface area contributed by atoms with Gasteiger partial charge in [0.05, 0.1) is 17.8 Å². The minimum atomic E-state index is -1.13. The standard InChI is InChI=1S/C24H37N4O5P.H2S/c1-4-18-19(32-34-28-12-7-8-17(28)15-24(33-34)10-5-6-11-24)14-21(31-18)27-13-9-20(26-23(27)30)25-22(29)16(2)3;/h9,13,16-19,21H,4-8,10-12,14-15H2,1-3H3,(H,25,26,29,30);1H2/t17-,18?,19?,21?,34?;/m0./s1. The fourth-order valence-corrected chi connectivity index (χ4v) is 7.84. The summed E-state index contributed by atoms with van der Waals surface area (Å²) in [7, 11) is -1.13. The zero-order valence-corrected chi connectivity index (χ0v) is 22.8. The van der Waals surface area contributed by atoms with Crippen LogP contribution in [0.25, 0.3) is 0 Å². The van der Waals surface area contributed by atoms with Crippen LogP contribution in [0.5, 0.6) is 0 Å². The van der Waals surface area contributed by atoms with Crippen molar-refractivity contribution < 1.29 is 18.6 Å². The number of nitrogens with zero attached hydrogens (tertiary/aromatic N) is 3. The van der Waals surface area contributed by atoms with Gasteiger partial charge in [-0.05, 0) is 44.6 Å². The Bertz CT molecular complexity index is 956. The van der Waals surface area contributed by atoms with Crippen LogP contribution in [0.3, 0.4) is 0 Å². The first-order chi connectivity index (χ1) is 16.4. The van der Waals surface area contributed by atoms with Gasteiger partial charge in [-0.25, -0.2) is 9.46 Å². The number of hydrogen-bond donors (Lipinski definition) is 1. The highest BCUT2D eigenvalue weighted by atomic mass is 32.1. The van der Waals surface area contributed by atoms with Crippen LogP contribution in [0.4, 0.5) is 5.82 Å². The number of fused-ring (bicyclic) bond motifs is 1. The summed E-state index contributed by atoms with van der Waals surface area (Å²) in [5, 5.41) is 2.68. The first kappa shape index (κ1) is 27.0. The minimum absolute atomic E-state index is 0. The molecule has 0 aromatic carbocycles. The van der Waals surface area contributed by atoms with Crippen LogP contribution in [0.1, 0.15) is 84.8 Å². The van der Waals surface area contributed by atoms with Gasteiger partial charge >= 0.3 is 5.69 Å². The summed E-state index contributed by atoms with van der Waals surface area (Å²) in [4.78, 5) is 28.7. The van der Waals surface area contributed by atoms with Crippen LogP contribution in [0.2, 0.25) is 0 Å². The van der Waals surface area contributed by atoms with E-state index in [4.69, 9.17) is 13.8 Å². The molecule has 1 spiro atoms. The second-order valence-corrected chi connectivity index (χ2v) is 11.8. The number of nitrogens with one attached hydrogen (secondary N) is 1. The number of aromatic nitrogens is 2. The van der Waals surface area contributed by atoms with E-state index in [0.717, 1.165) is 32.2 Å². The summed E-state index contributed by atoms with van der Waals surface area (Å²) in [6.07, 6.45) is 10.7. The lowest BCUT2D eigenvalue weighted by molar-refractivity contribution is -0.118. The Morgan fingerprint density at radius 3 is 2.80 bits per heavy atom. The van der Waals surface area contributed by atoms with Gasteiger partial charge in [-0.1, -0.05) is 33.6 Å². The molecule has 0 bridgehead atoms. The topological polar surface area (TPSA) is 94.9 Å². The van der Waals surface area contributed by atoms with Crippen molar-refractivity contribution in [2.45, 2.75) is 109 Å². The molecule has 3 aliphatic heterocycles. The Kier molecular flexibility index (Phi) is 8.61. The first-order valence-electron chi connectivity index (χ1n) is 12.9. The lowest BCUT2D eigenvalue weighted by Crippen LogP contribution is -2.44. The van der Waals surface area contributed by atoms with Crippen LogP contribution in [0.15, 0.2) is 17.1 Å². The van der Waals surface area contributed by atoms with E-state index in [2.05, 4.69) is 21.9 Å². The van der Waals surface area contributed by atoms with Gasteiger partial charge in [-0.3, -0.25) is 9.36 Å². The highest BCUT2D eigenvalue weighted by molar-refractivity contribution is 7.59. The summed E-state index contributed by atoms with van der Waals surface area (Å²) in [5.74, 6) is -0.0942. The molecule has 9 nitrogen and oxygen atoms in total. The molecule has 4 heterocycles. The Morgan fingerprint density at radius 1 is 1.34 bits per heavy atom. The predicted molar refractivity (Wildman–Crippen MR) is 140 cm³/mol. The third-order valence-corrected chi connectivity index (χ3v) is 9.62. The van der Waals surface area contributed by atoms with E-state index in [0.29, 0.717) is 12.5 Å². The molecule has 11 heteroatoms. The molecule has 1 amide bonds. The molecular formula is C24H39N4O5PS. The zero-order valence-electron chi connectivity index (χ0n) is 20.9. The van der Waals surface area contributed by atoms with Gasteiger partial charge in [0, 0.05) is 31.1 Å². The number of hydrogen-bond acceptors (Lipinski definition) is 7. The number of amides is 1. The van der Waals surface area contributed by atoms with Gasteiger partial charge in [0.25, 0.3) is 8.53 Å². The van der Waals surface area contributed by atoms with Gasteiger partial charge in [0.2, 0.25) is 5.91 Å². The average molecular weight is 527 g/mol. The van der Waals surface area contributed by atoms with Crippen molar-refractivity contribution in [3.8, 4) is 0 Å². The van der Waals surface area contributed by atoms with Gasteiger partial charge < -0.3 is 19.1 Å². The van der Waals surface area contributed by atoms with Crippen LogP contribution >= 0.6 is 22.0 Å². The van der Waals surface area contributed by atoms with Gasteiger partial charge in [0.1, 0.15) is 12.0 Å². The van der Waals surface area contributed by atoms with Crippen molar-refractivity contribution in [2.75, 3.05) is 11.9 Å². The molecule has 5 atom stereocenters. The van der Waals surface area contributed by atoms with E-state index >= 15 is 0 Å². The molecule has 196 valence electrons. The maximum atomic E-state index is 12.7. The first-order valence-corrected chi connectivity index (χ1v) is 14.0. The quantitative estimate of drug-likeness (QED) is 0.547. The Balaban J connectivity index is 0.00000289. The molecule has 4 fully saturated rings. The molecule has 0 radical (unpaired) electrons. The third kappa shape index (κ3) is 5.63. The molecular weight excluding hydrogens is 487 g/mol. The van der Waals surface area contributed by atoms with E-state index in [1.54, 1.807) is 26.1 Å². The summed E-state index contributed by atoms with van der Waals surface area (Å²) >= 11 is 0. The molecule has 1 aliphatic carbocycles. The number of carbonyl (C=O) groups is 1. The second kappa shape index (κ2) is 11.2. The highest BCUT2D eigenvalue weighted by Crippen LogP contribution is 2.61. The Hall–Kier alpha value is -1.03. The normalized spacial score (nSPS) is 32.1. The molecule has 1 aromatic heterocycles. The third-order valence-electron chi connectivity index (χ3n) is 7.67. The van der Waals surface area contributed by atoms with Gasteiger partial charge in [-0.2, -0.15) is 18.5 Å². The minimum Gasteiger partial charge on any atom is -0.352 e. The van der Waals surface area contributed by atoms with E-state index in [1.807, 2.05) is 0 Å². The summed E-state index contributed by atoms with van der Waals surface area (Å²) < 4.78 is 23.7. The van der Waals surface area contributed by atoms with Crippen molar-refractivity contribution in [2.24, 2.45) is 5.92 Å². The second-order valence-electron chi connectivity index (χ2n) is 10.4. The van der Waals surface area contributed by atoms with Crippen molar-refractivity contribution >= 4 is 33.7 Å². The molecule has 4 unspecified atom stereocenters. The molecule has 1 aromatic rings. The lowest BCUT2D eigenvalue weighted by atomic mass is 9.92. The largest absolute Gasteiger partial charge is 0.352 e. The Morgan fingerprint density at radius 2 is 2.11 bits per heavy atom. The molecule has 3 saturated heterocycles. The lowest BCUT2D eigenvalue weighted by Gasteiger charge is -2.46. The van der Waals surface area contributed by atoms with Crippen LogP contribution in [-0.4, -0.2) is 50.5 Å². The monoisotopic (exact) mass is 526 g/mol. The summed E-state index contributed by atoms with van der Waals surface area (Å²) in [5.41, 5.74) is -0.444. The fraction of sp³-hybridized carbons (Fsp3) is 0.792. The van der Waals surface area contributed by atoms with E-state index in [9.17, 15) is 9.59 Å². The number of rotatable bonds is 6. The van der Waals surface area contributed by atoms with E-state index in [-0.39, 0.29) is 48.9 Å². The maximum Gasteiger partial charge on any atom is 0.351 e. The van der Waals surface area contributed by atoms with Crippen molar-refractivity contribution in [1.29, 1.82) is 0 Å².